The zero-order valence-electron chi connectivity index (χ0n) is 11.5. The van der Waals surface area contributed by atoms with Gasteiger partial charge in [-0.05, 0) is 31.4 Å². The zero-order chi connectivity index (χ0) is 15.1. The maximum atomic E-state index is 12.3. The largest absolute Gasteiger partial charge is 0.434 e. The minimum atomic E-state index is -0.0264. The number of thiazole rings is 1. The summed E-state index contributed by atoms with van der Waals surface area (Å²) in [4.78, 5) is 16.9. The first-order chi connectivity index (χ1) is 10.7. The topological polar surface area (TPSA) is 63.2 Å². The van der Waals surface area contributed by atoms with Gasteiger partial charge in [0.1, 0.15) is 0 Å². The normalized spacial score (nSPS) is 26.3. The Balaban J connectivity index is 1.39. The van der Waals surface area contributed by atoms with Crippen molar-refractivity contribution < 1.29 is 9.53 Å². The van der Waals surface area contributed by atoms with E-state index in [2.05, 4.69) is 15.6 Å². The summed E-state index contributed by atoms with van der Waals surface area (Å²) in [6, 6.07) is 4.85. The highest BCUT2D eigenvalue weighted by Crippen LogP contribution is 2.34. The van der Waals surface area contributed by atoms with E-state index >= 15 is 0 Å². The molecule has 0 radical (unpaired) electrons. The van der Waals surface area contributed by atoms with Gasteiger partial charge in [0, 0.05) is 18.1 Å². The minimum Gasteiger partial charge on any atom is -0.434 e. The van der Waals surface area contributed by atoms with Crippen LogP contribution >= 0.6 is 34.3 Å². The molecule has 2 fully saturated rings. The Kier molecular flexibility index (Phi) is 3.81. The highest BCUT2D eigenvalue weighted by molar-refractivity contribution is 7.18. The molecule has 0 aromatic carbocycles. The molecule has 2 bridgehead atoms. The molecule has 4 heterocycles. The van der Waals surface area contributed by atoms with E-state index in [1.165, 1.54) is 29.1 Å². The standard InChI is InChI=1S/C14H14ClN3O2S2/c15-14-16-6-12(22-14)20-11-4-3-10(21-11)13(19)18-9-5-7-1-2-8(9)17-7/h3-4,6-9,17H,1-2,5H2,(H,18,19). The van der Waals surface area contributed by atoms with Crippen LogP contribution in [0.3, 0.4) is 0 Å². The molecular formula is C14H14ClN3O2S2. The summed E-state index contributed by atoms with van der Waals surface area (Å²) in [6.07, 6.45) is 4.99. The van der Waals surface area contributed by atoms with Gasteiger partial charge in [0.05, 0.1) is 11.1 Å². The van der Waals surface area contributed by atoms with Gasteiger partial charge in [-0.15, -0.1) is 0 Å². The number of amides is 1. The van der Waals surface area contributed by atoms with E-state index in [1.807, 2.05) is 0 Å². The number of ether oxygens (including phenoxy) is 1. The SMILES string of the molecule is O=C(NC1CC2CCC1N2)c1ccc(Oc2cnc(Cl)s2)s1. The Bertz CT molecular complexity index is 702. The van der Waals surface area contributed by atoms with E-state index in [9.17, 15) is 4.79 Å². The van der Waals surface area contributed by atoms with Crippen molar-refractivity contribution >= 4 is 40.2 Å². The number of hydrogen-bond acceptors (Lipinski definition) is 6. The van der Waals surface area contributed by atoms with Gasteiger partial charge in [-0.25, -0.2) is 4.98 Å². The van der Waals surface area contributed by atoms with Crippen LogP contribution in [-0.2, 0) is 0 Å². The lowest BCUT2D eigenvalue weighted by Gasteiger charge is -2.20. The monoisotopic (exact) mass is 355 g/mol. The van der Waals surface area contributed by atoms with Gasteiger partial charge in [0.25, 0.3) is 5.91 Å². The smallest absolute Gasteiger partial charge is 0.261 e. The van der Waals surface area contributed by atoms with Crippen LogP contribution in [-0.4, -0.2) is 29.0 Å². The second kappa shape index (κ2) is 5.81. The molecule has 2 saturated heterocycles. The number of nitrogens with zero attached hydrogens (tertiary/aromatic N) is 1. The van der Waals surface area contributed by atoms with E-state index < -0.39 is 0 Å². The molecule has 3 unspecified atom stereocenters. The van der Waals surface area contributed by atoms with E-state index in [-0.39, 0.29) is 11.9 Å². The third-order valence-electron chi connectivity index (χ3n) is 4.08. The van der Waals surface area contributed by atoms with Gasteiger partial charge in [0.15, 0.2) is 9.53 Å². The molecule has 22 heavy (non-hydrogen) atoms. The summed E-state index contributed by atoms with van der Waals surface area (Å²) >= 11 is 8.36. The molecule has 5 nitrogen and oxygen atoms in total. The van der Waals surface area contributed by atoms with Crippen molar-refractivity contribution in [2.45, 2.75) is 37.4 Å². The number of fused-ring (bicyclic) bond motifs is 2. The van der Waals surface area contributed by atoms with Gasteiger partial charge in [-0.2, -0.15) is 0 Å². The summed E-state index contributed by atoms with van der Waals surface area (Å²) in [5.41, 5.74) is 0. The highest BCUT2D eigenvalue weighted by atomic mass is 35.5. The molecule has 2 aliphatic heterocycles. The third-order valence-corrected chi connectivity index (χ3v) is 6.03. The lowest BCUT2D eigenvalue weighted by molar-refractivity contribution is 0.0935. The average Bonchev–Trinajstić information content (AvgIpc) is 3.24. The van der Waals surface area contributed by atoms with Gasteiger partial charge in [-0.3, -0.25) is 4.79 Å². The molecule has 4 rings (SSSR count). The van der Waals surface area contributed by atoms with Gasteiger partial charge < -0.3 is 15.4 Å². The van der Waals surface area contributed by atoms with Crippen LogP contribution < -0.4 is 15.4 Å². The Morgan fingerprint density at radius 2 is 2.27 bits per heavy atom. The summed E-state index contributed by atoms with van der Waals surface area (Å²) in [5, 5.41) is 7.94. The van der Waals surface area contributed by atoms with E-state index in [0.29, 0.717) is 31.6 Å². The number of rotatable bonds is 4. The van der Waals surface area contributed by atoms with Crippen molar-refractivity contribution in [1.29, 1.82) is 0 Å². The molecular weight excluding hydrogens is 342 g/mol. The first-order valence-electron chi connectivity index (χ1n) is 7.13. The Labute approximate surface area is 140 Å². The van der Waals surface area contributed by atoms with Gasteiger partial charge in [0.2, 0.25) is 5.06 Å². The van der Waals surface area contributed by atoms with Crippen LogP contribution in [0.2, 0.25) is 4.47 Å². The number of carbonyl (C=O) groups excluding carboxylic acids is 1. The van der Waals surface area contributed by atoms with Crippen molar-refractivity contribution in [1.82, 2.24) is 15.6 Å². The van der Waals surface area contributed by atoms with Crippen LogP contribution in [0.25, 0.3) is 0 Å². The molecule has 116 valence electrons. The fourth-order valence-electron chi connectivity index (χ4n) is 3.11. The van der Waals surface area contributed by atoms with Gasteiger partial charge >= 0.3 is 0 Å². The number of thiophene rings is 1. The van der Waals surface area contributed by atoms with Crippen LogP contribution in [0.4, 0.5) is 0 Å². The molecule has 8 heteroatoms. The summed E-state index contributed by atoms with van der Waals surface area (Å²) in [5.74, 6) is -0.0264. The van der Waals surface area contributed by atoms with E-state index in [4.69, 9.17) is 16.3 Å². The first kappa shape index (κ1) is 14.4. The lowest BCUT2D eigenvalue weighted by Crippen LogP contribution is -2.42. The molecule has 2 N–H and O–H groups in total. The molecule has 0 aliphatic carbocycles. The molecule has 2 aromatic heterocycles. The number of hydrogen-bond donors (Lipinski definition) is 2. The minimum absolute atomic E-state index is 0.0264. The predicted octanol–water partition coefficient (Wildman–Crippen LogP) is 3.27. The zero-order valence-corrected chi connectivity index (χ0v) is 13.9. The highest BCUT2D eigenvalue weighted by Gasteiger charge is 2.39. The number of carbonyl (C=O) groups is 1. The number of nitrogens with one attached hydrogen (secondary N) is 2. The fourth-order valence-corrected chi connectivity index (χ4v) is 4.72. The Morgan fingerprint density at radius 1 is 1.36 bits per heavy atom. The lowest BCUT2D eigenvalue weighted by atomic mass is 9.95. The molecule has 0 spiro atoms. The summed E-state index contributed by atoms with van der Waals surface area (Å²) in [6.45, 7) is 0. The first-order valence-corrected chi connectivity index (χ1v) is 9.14. The van der Waals surface area contributed by atoms with Crippen LogP contribution in [0.5, 0.6) is 10.1 Å². The van der Waals surface area contributed by atoms with Crippen LogP contribution in [0, 0.1) is 0 Å². The maximum absolute atomic E-state index is 12.3. The van der Waals surface area contributed by atoms with Crippen LogP contribution in [0.1, 0.15) is 28.9 Å². The quantitative estimate of drug-likeness (QED) is 0.883. The maximum Gasteiger partial charge on any atom is 0.261 e. The van der Waals surface area contributed by atoms with Crippen molar-refractivity contribution in [3.8, 4) is 10.1 Å². The number of halogens is 1. The van der Waals surface area contributed by atoms with E-state index in [0.717, 1.165) is 12.8 Å². The number of aromatic nitrogens is 1. The second-order valence-electron chi connectivity index (χ2n) is 5.52. The second-order valence-corrected chi connectivity index (χ2v) is 8.14. The third kappa shape index (κ3) is 2.86. The fraction of sp³-hybridized carbons (Fsp3) is 0.429. The molecule has 0 saturated carbocycles. The molecule has 2 aliphatic rings. The summed E-state index contributed by atoms with van der Waals surface area (Å²) < 4.78 is 6.09. The average molecular weight is 356 g/mol. The van der Waals surface area contributed by atoms with Crippen molar-refractivity contribution in [3.63, 3.8) is 0 Å². The van der Waals surface area contributed by atoms with Crippen LogP contribution in [0.15, 0.2) is 18.3 Å². The summed E-state index contributed by atoms with van der Waals surface area (Å²) in [7, 11) is 0. The van der Waals surface area contributed by atoms with Gasteiger partial charge in [-0.1, -0.05) is 34.3 Å². The Morgan fingerprint density at radius 3 is 2.95 bits per heavy atom. The van der Waals surface area contributed by atoms with Crippen molar-refractivity contribution in [2.24, 2.45) is 0 Å². The van der Waals surface area contributed by atoms with Crippen molar-refractivity contribution in [2.75, 3.05) is 0 Å². The van der Waals surface area contributed by atoms with Crippen molar-refractivity contribution in [3.05, 3.63) is 27.7 Å². The predicted molar refractivity (Wildman–Crippen MR) is 87.3 cm³/mol. The van der Waals surface area contributed by atoms with E-state index in [1.54, 1.807) is 18.3 Å². The Hall–Kier alpha value is -1.15. The molecule has 1 amide bonds. The molecule has 2 aromatic rings. The molecule has 3 atom stereocenters.